The molecule has 8 heteroatoms. The van der Waals surface area contributed by atoms with Crippen molar-refractivity contribution in [3.63, 3.8) is 0 Å². The van der Waals surface area contributed by atoms with E-state index in [1.54, 1.807) is 12.3 Å². The summed E-state index contributed by atoms with van der Waals surface area (Å²) in [6.45, 7) is 17.5. The summed E-state index contributed by atoms with van der Waals surface area (Å²) >= 11 is 0. The average molecular weight is 588 g/mol. The van der Waals surface area contributed by atoms with E-state index in [0.717, 1.165) is 56.1 Å². The number of nitrogens with zero attached hydrogens (tertiary/aromatic N) is 4. The zero-order valence-corrected chi connectivity index (χ0v) is 25.5. The first-order chi connectivity index (χ1) is 20.7. The number of nitrogens with one attached hydrogen (secondary N) is 1. The molecular formula is C35H43F2N5O. The van der Waals surface area contributed by atoms with E-state index in [2.05, 4.69) is 35.2 Å². The Morgan fingerprint density at radius 2 is 1.72 bits per heavy atom. The van der Waals surface area contributed by atoms with Gasteiger partial charge in [-0.25, -0.2) is 13.8 Å². The van der Waals surface area contributed by atoms with Crippen LogP contribution in [0, 0.1) is 24.5 Å². The largest absolute Gasteiger partial charge is 0.508 e. The molecule has 2 aliphatic rings. The first-order valence-electron chi connectivity index (χ1n) is 15.0. The molecule has 0 saturated carbocycles. The van der Waals surface area contributed by atoms with Crippen molar-refractivity contribution in [2.45, 2.75) is 52.5 Å². The number of aliphatic hydroxyl groups excluding tert-OH is 1. The molecule has 2 aliphatic heterocycles. The third-order valence-corrected chi connectivity index (χ3v) is 8.34. The number of guanidine groups is 1. The van der Waals surface area contributed by atoms with Crippen LogP contribution in [0.25, 0.3) is 11.8 Å². The smallest absolute Gasteiger partial charge is 0.227 e. The number of likely N-dealkylation sites (tertiary alicyclic amines) is 2. The summed E-state index contributed by atoms with van der Waals surface area (Å²) in [4.78, 5) is 14.6. The second-order valence-corrected chi connectivity index (χ2v) is 11.5. The molecule has 0 aliphatic carbocycles. The van der Waals surface area contributed by atoms with Crippen molar-refractivity contribution < 1.29 is 13.9 Å². The molecule has 0 bridgehead atoms. The summed E-state index contributed by atoms with van der Waals surface area (Å²) in [5.74, 6) is 0.510. The van der Waals surface area contributed by atoms with Crippen LogP contribution < -0.4 is 5.32 Å². The minimum atomic E-state index is -0.634. The van der Waals surface area contributed by atoms with Crippen molar-refractivity contribution in [1.29, 1.82) is 0 Å². The lowest BCUT2D eigenvalue weighted by Gasteiger charge is -2.41. The van der Waals surface area contributed by atoms with Gasteiger partial charge in [0.05, 0.1) is 0 Å². The Hall–Kier alpha value is -4.04. The third-order valence-electron chi connectivity index (χ3n) is 8.34. The Bertz CT molecular complexity index is 1410. The minimum absolute atomic E-state index is 0.00757. The minimum Gasteiger partial charge on any atom is -0.508 e. The van der Waals surface area contributed by atoms with Gasteiger partial charge in [-0.1, -0.05) is 44.4 Å². The molecular weight excluding hydrogens is 544 g/mol. The van der Waals surface area contributed by atoms with Crippen molar-refractivity contribution in [2.24, 2.45) is 15.9 Å². The van der Waals surface area contributed by atoms with Gasteiger partial charge in [0.25, 0.3) is 0 Å². The normalized spacial score (nSPS) is 18.3. The maximum Gasteiger partial charge on any atom is 0.227 e. The van der Waals surface area contributed by atoms with E-state index in [1.165, 1.54) is 43.3 Å². The molecule has 2 saturated heterocycles. The van der Waals surface area contributed by atoms with Crippen LogP contribution in [-0.4, -0.2) is 59.3 Å². The van der Waals surface area contributed by atoms with E-state index in [4.69, 9.17) is 9.98 Å². The van der Waals surface area contributed by atoms with Gasteiger partial charge in [0.15, 0.2) is 0 Å². The Morgan fingerprint density at radius 3 is 2.35 bits per heavy atom. The van der Waals surface area contributed by atoms with Crippen molar-refractivity contribution in [2.75, 3.05) is 26.2 Å². The number of allylic oxidation sites excluding steroid dienone is 2. The Labute approximate surface area is 254 Å². The molecule has 2 aromatic rings. The molecule has 0 spiro atoms. The molecule has 4 rings (SSSR count). The third kappa shape index (κ3) is 8.51. The summed E-state index contributed by atoms with van der Waals surface area (Å²) in [6, 6.07) is 9.93. The van der Waals surface area contributed by atoms with Crippen LogP contribution in [0.2, 0.25) is 0 Å². The molecule has 6 nitrogen and oxygen atoms in total. The molecule has 2 heterocycles. The Balaban J connectivity index is 1.66. The summed E-state index contributed by atoms with van der Waals surface area (Å²) in [5.41, 5.74) is 3.00. The highest BCUT2D eigenvalue weighted by molar-refractivity contribution is 5.95. The quantitative estimate of drug-likeness (QED) is 0.146. The number of rotatable bonds is 8. The molecule has 2 N–H and O–H groups in total. The van der Waals surface area contributed by atoms with Crippen molar-refractivity contribution >= 4 is 24.0 Å². The summed E-state index contributed by atoms with van der Waals surface area (Å²) < 4.78 is 28.5. The van der Waals surface area contributed by atoms with E-state index in [-0.39, 0.29) is 11.3 Å². The van der Waals surface area contributed by atoms with Gasteiger partial charge in [-0.3, -0.25) is 0 Å². The summed E-state index contributed by atoms with van der Waals surface area (Å²) in [6.07, 6.45) is 10.8. The first kappa shape index (κ1) is 31.9. The van der Waals surface area contributed by atoms with Gasteiger partial charge < -0.3 is 20.2 Å². The lowest BCUT2D eigenvalue weighted by Crippen LogP contribution is -2.48. The Morgan fingerprint density at radius 1 is 1.05 bits per heavy atom. The molecule has 2 fully saturated rings. The van der Waals surface area contributed by atoms with Gasteiger partial charge in [-0.05, 0) is 106 Å². The zero-order valence-electron chi connectivity index (χ0n) is 25.5. The predicted octanol–water partition coefficient (Wildman–Crippen LogP) is 7.45. The van der Waals surface area contributed by atoms with E-state index in [0.29, 0.717) is 29.0 Å². The van der Waals surface area contributed by atoms with Gasteiger partial charge in [-0.15, -0.1) is 0 Å². The van der Waals surface area contributed by atoms with Crippen LogP contribution in [0.1, 0.15) is 61.8 Å². The van der Waals surface area contributed by atoms with Gasteiger partial charge >= 0.3 is 0 Å². The topological polar surface area (TPSA) is 63.5 Å². The van der Waals surface area contributed by atoms with Crippen LogP contribution in [-0.2, 0) is 0 Å². The fourth-order valence-corrected chi connectivity index (χ4v) is 5.48. The number of halogens is 2. The second kappa shape index (κ2) is 14.9. The molecule has 0 unspecified atom stereocenters. The standard InChI is InChI=1S/C35H43F2N5O/c1-6-38-34(26(4)11-13-31-32(36)8-7-9-33(31)37)40-35(39-23-29-22-28(27(5)43)12-10-25(29)3)42-20-16-30(17-21-42)41-18-14-24(2)15-19-41/h6-13,22-24,30,38,43H,1,5,14-21H2,2-4H3/b13-11-,34-26+,39-23+,40-35+. The van der Waals surface area contributed by atoms with Crippen molar-refractivity contribution in [3.8, 4) is 0 Å². The van der Waals surface area contributed by atoms with Crippen molar-refractivity contribution in [3.05, 3.63) is 107 Å². The SMILES string of the molecule is C=CNC(/N=C(\N=C\c1cc(C(=C)O)ccc1C)N1CCC(N2CCC(C)CC2)CC1)=C(C)\C=C/c1c(F)cccc1F. The highest BCUT2D eigenvalue weighted by Gasteiger charge is 2.28. The molecule has 0 radical (unpaired) electrons. The first-order valence-corrected chi connectivity index (χ1v) is 15.0. The number of aliphatic imine (C=N–C) groups is 2. The summed E-state index contributed by atoms with van der Waals surface area (Å²) in [7, 11) is 0. The zero-order chi connectivity index (χ0) is 30.9. The Kier molecular flexibility index (Phi) is 11.1. The number of aliphatic hydroxyl groups is 1. The van der Waals surface area contributed by atoms with Crippen LogP contribution in [0.3, 0.4) is 0 Å². The fraction of sp³-hybridized carbons (Fsp3) is 0.371. The van der Waals surface area contributed by atoms with E-state index in [9.17, 15) is 13.9 Å². The number of hydrogen-bond donors (Lipinski definition) is 2. The molecule has 228 valence electrons. The summed E-state index contributed by atoms with van der Waals surface area (Å²) in [5, 5.41) is 13.0. The van der Waals surface area contributed by atoms with E-state index in [1.807, 2.05) is 32.0 Å². The lowest BCUT2D eigenvalue weighted by atomic mass is 9.95. The maximum absolute atomic E-state index is 14.2. The van der Waals surface area contributed by atoms with E-state index >= 15 is 0 Å². The van der Waals surface area contributed by atoms with E-state index < -0.39 is 11.6 Å². The molecule has 0 atom stereocenters. The van der Waals surface area contributed by atoms with Gasteiger partial charge in [0, 0.05) is 36.5 Å². The van der Waals surface area contributed by atoms with Gasteiger partial charge in [0.2, 0.25) is 5.96 Å². The van der Waals surface area contributed by atoms with Crippen LogP contribution >= 0.6 is 0 Å². The van der Waals surface area contributed by atoms with Crippen LogP contribution in [0.5, 0.6) is 0 Å². The number of piperidine rings is 2. The predicted molar refractivity (Wildman–Crippen MR) is 174 cm³/mol. The van der Waals surface area contributed by atoms with Crippen LogP contribution in [0.15, 0.2) is 83.2 Å². The fourth-order valence-electron chi connectivity index (χ4n) is 5.48. The van der Waals surface area contributed by atoms with Gasteiger partial charge in [0.1, 0.15) is 23.2 Å². The highest BCUT2D eigenvalue weighted by Crippen LogP contribution is 2.24. The molecule has 0 aromatic heterocycles. The van der Waals surface area contributed by atoms with Crippen molar-refractivity contribution in [1.82, 2.24) is 15.1 Å². The number of aryl methyl sites for hydroxylation is 1. The highest BCUT2D eigenvalue weighted by atomic mass is 19.1. The molecule has 2 aromatic carbocycles. The monoisotopic (exact) mass is 587 g/mol. The lowest BCUT2D eigenvalue weighted by molar-refractivity contribution is 0.0982. The van der Waals surface area contributed by atoms with Crippen LogP contribution in [0.4, 0.5) is 8.78 Å². The van der Waals surface area contributed by atoms with Gasteiger partial charge in [-0.2, -0.15) is 4.99 Å². The maximum atomic E-state index is 14.2. The second-order valence-electron chi connectivity index (χ2n) is 11.5. The molecule has 43 heavy (non-hydrogen) atoms. The number of hydrogen-bond acceptors (Lipinski definition) is 4. The average Bonchev–Trinajstić information content (AvgIpc) is 2.99. The number of benzene rings is 2. The molecule has 0 amide bonds.